The number of fused-ring (bicyclic) bond motifs is 1. The van der Waals surface area contributed by atoms with E-state index in [0.29, 0.717) is 12.2 Å². The van der Waals surface area contributed by atoms with Gasteiger partial charge in [-0.3, -0.25) is 14.1 Å². The Morgan fingerprint density at radius 2 is 2.10 bits per heavy atom. The molecule has 0 bridgehead atoms. The summed E-state index contributed by atoms with van der Waals surface area (Å²) in [5.41, 5.74) is 2.48. The van der Waals surface area contributed by atoms with Crippen molar-refractivity contribution in [3.8, 4) is 0 Å². The van der Waals surface area contributed by atoms with Crippen molar-refractivity contribution in [3.05, 3.63) is 46.0 Å². The first-order valence-electron chi connectivity index (χ1n) is 7.32. The molecule has 21 heavy (non-hydrogen) atoms. The van der Waals surface area contributed by atoms with Gasteiger partial charge >= 0.3 is 0 Å². The van der Waals surface area contributed by atoms with Crippen LogP contribution in [0.1, 0.15) is 24.1 Å². The summed E-state index contributed by atoms with van der Waals surface area (Å²) in [6.07, 6.45) is 4.66. The Labute approximate surface area is 123 Å². The quantitative estimate of drug-likeness (QED) is 0.800. The normalized spacial score (nSPS) is 17.2. The molecule has 0 aliphatic carbocycles. The van der Waals surface area contributed by atoms with Crippen LogP contribution in [0.4, 0.5) is 0 Å². The maximum absolute atomic E-state index is 12.1. The SMILES string of the molecule is Cc1ccc2nc(CN3CCC(C=O)CC3)cc(=O)n2c1. The molecule has 110 valence electrons. The lowest BCUT2D eigenvalue weighted by molar-refractivity contribution is -0.112. The van der Waals surface area contributed by atoms with Crippen LogP contribution in [0, 0.1) is 12.8 Å². The van der Waals surface area contributed by atoms with Crippen molar-refractivity contribution < 1.29 is 4.79 Å². The molecule has 0 saturated carbocycles. The Hall–Kier alpha value is -2.01. The van der Waals surface area contributed by atoms with Gasteiger partial charge in [0.15, 0.2) is 0 Å². The van der Waals surface area contributed by atoms with Crippen molar-refractivity contribution in [2.24, 2.45) is 5.92 Å². The van der Waals surface area contributed by atoms with E-state index < -0.39 is 0 Å². The van der Waals surface area contributed by atoms with Crippen molar-refractivity contribution in [2.75, 3.05) is 13.1 Å². The molecule has 3 heterocycles. The van der Waals surface area contributed by atoms with Gasteiger partial charge in [-0.25, -0.2) is 4.98 Å². The maximum Gasteiger partial charge on any atom is 0.258 e. The van der Waals surface area contributed by atoms with Crippen LogP contribution >= 0.6 is 0 Å². The molecule has 0 spiro atoms. The summed E-state index contributed by atoms with van der Waals surface area (Å²) in [6, 6.07) is 5.44. The summed E-state index contributed by atoms with van der Waals surface area (Å²) in [5.74, 6) is 0.194. The first-order chi connectivity index (χ1) is 10.2. The van der Waals surface area contributed by atoms with Crippen molar-refractivity contribution in [2.45, 2.75) is 26.3 Å². The molecule has 2 aromatic rings. The Bertz CT molecular complexity index is 715. The van der Waals surface area contributed by atoms with E-state index in [4.69, 9.17) is 0 Å². The largest absolute Gasteiger partial charge is 0.303 e. The van der Waals surface area contributed by atoms with E-state index >= 15 is 0 Å². The zero-order valence-electron chi connectivity index (χ0n) is 12.2. The second-order valence-electron chi connectivity index (χ2n) is 5.77. The molecule has 0 radical (unpaired) electrons. The molecule has 2 aromatic heterocycles. The highest BCUT2D eigenvalue weighted by Gasteiger charge is 2.19. The smallest absolute Gasteiger partial charge is 0.258 e. The lowest BCUT2D eigenvalue weighted by Gasteiger charge is -2.29. The van der Waals surface area contributed by atoms with Crippen LogP contribution in [0.2, 0.25) is 0 Å². The fraction of sp³-hybridized carbons (Fsp3) is 0.438. The highest BCUT2D eigenvalue weighted by Crippen LogP contribution is 2.16. The third-order valence-corrected chi connectivity index (χ3v) is 4.07. The van der Waals surface area contributed by atoms with Crippen LogP contribution in [0.3, 0.4) is 0 Å². The lowest BCUT2D eigenvalue weighted by Crippen LogP contribution is -2.34. The minimum absolute atomic E-state index is 0.0403. The molecule has 1 aliphatic rings. The molecular weight excluding hydrogens is 266 g/mol. The molecule has 1 saturated heterocycles. The Morgan fingerprint density at radius 3 is 2.81 bits per heavy atom. The van der Waals surface area contributed by atoms with Gasteiger partial charge in [0.1, 0.15) is 11.9 Å². The van der Waals surface area contributed by atoms with Crippen LogP contribution in [0.25, 0.3) is 5.65 Å². The number of carbonyl (C=O) groups is 1. The van der Waals surface area contributed by atoms with Gasteiger partial charge in [0.05, 0.1) is 5.69 Å². The van der Waals surface area contributed by atoms with E-state index in [-0.39, 0.29) is 11.5 Å². The van der Waals surface area contributed by atoms with Crippen molar-refractivity contribution >= 4 is 11.9 Å². The third kappa shape index (κ3) is 3.03. The molecular formula is C16H19N3O2. The zero-order valence-corrected chi connectivity index (χ0v) is 12.2. The zero-order chi connectivity index (χ0) is 14.8. The number of carbonyl (C=O) groups excluding carboxylic acids is 1. The summed E-state index contributed by atoms with van der Waals surface area (Å²) in [5, 5.41) is 0. The first-order valence-corrected chi connectivity index (χ1v) is 7.32. The van der Waals surface area contributed by atoms with Gasteiger partial charge in [0.2, 0.25) is 0 Å². The fourth-order valence-electron chi connectivity index (χ4n) is 2.82. The number of pyridine rings is 1. The second kappa shape index (κ2) is 5.77. The number of aromatic nitrogens is 2. The number of nitrogens with zero attached hydrogens (tertiary/aromatic N) is 3. The number of hydrogen-bond donors (Lipinski definition) is 0. The highest BCUT2D eigenvalue weighted by atomic mass is 16.1. The number of rotatable bonds is 3. The van der Waals surface area contributed by atoms with E-state index in [1.54, 1.807) is 10.5 Å². The third-order valence-electron chi connectivity index (χ3n) is 4.07. The van der Waals surface area contributed by atoms with Gasteiger partial charge in [-0.15, -0.1) is 0 Å². The summed E-state index contributed by atoms with van der Waals surface area (Å²) >= 11 is 0. The van der Waals surface area contributed by atoms with Crippen LogP contribution in [0.15, 0.2) is 29.2 Å². The van der Waals surface area contributed by atoms with E-state index in [0.717, 1.165) is 43.5 Å². The molecule has 0 unspecified atom stereocenters. The van der Waals surface area contributed by atoms with E-state index in [1.165, 1.54) is 0 Å². The van der Waals surface area contributed by atoms with Crippen molar-refractivity contribution in [3.63, 3.8) is 0 Å². The molecule has 1 aliphatic heterocycles. The van der Waals surface area contributed by atoms with Crippen LogP contribution in [-0.4, -0.2) is 33.7 Å². The number of aryl methyl sites for hydroxylation is 1. The summed E-state index contributed by atoms with van der Waals surface area (Å²) in [4.78, 5) is 29.7. The van der Waals surface area contributed by atoms with Gasteiger partial charge in [-0.05, 0) is 44.5 Å². The molecule has 0 aromatic carbocycles. The maximum atomic E-state index is 12.1. The highest BCUT2D eigenvalue weighted by molar-refractivity contribution is 5.53. The van der Waals surface area contributed by atoms with Crippen LogP contribution in [0.5, 0.6) is 0 Å². The molecule has 5 heteroatoms. The predicted octanol–water partition coefficient (Wildman–Crippen LogP) is 1.41. The van der Waals surface area contributed by atoms with Gasteiger partial charge in [0.25, 0.3) is 5.56 Å². The Balaban J connectivity index is 1.80. The van der Waals surface area contributed by atoms with Gasteiger partial charge in [-0.1, -0.05) is 6.07 Å². The summed E-state index contributed by atoms with van der Waals surface area (Å²) in [7, 11) is 0. The molecule has 3 rings (SSSR count). The predicted molar refractivity (Wildman–Crippen MR) is 80.3 cm³/mol. The van der Waals surface area contributed by atoms with Crippen LogP contribution < -0.4 is 5.56 Å². The fourth-order valence-corrected chi connectivity index (χ4v) is 2.82. The molecule has 0 atom stereocenters. The standard InChI is InChI=1S/C16H19N3O2/c1-12-2-3-15-17-14(8-16(21)19(15)9-12)10-18-6-4-13(11-20)5-7-18/h2-3,8-9,11,13H,4-7,10H2,1H3. The minimum Gasteiger partial charge on any atom is -0.303 e. The molecule has 0 N–H and O–H groups in total. The molecule has 1 fully saturated rings. The van der Waals surface area contributed by atoms with Crippen molar-refractivity contribution in [1.29, 1.82) is 0 Å². The number of aldehydes is 1. The Morgan fingerprint density at radius 1 is 1.33 bits per heavy atom. The van der Waals surface area contributed by atoms with Gasteiger partial charge in [0, 0.05) is 24.7 Å². The second-order valence-corrected chi connectivity index (χ2v) is 5.77. The van der Waals surface area contributed by atoms with E-state index in [2.05, 4.69) is 9.88 Å². The lowest BCUT2D eigenvalue weighted by atomic mass is 9.98. The van der Waals surface area contributed by atoms with Crippen LogP contribution in [-0.2, 0) is 11.3 Å². The average molecular weight is 285 g/mol. The number of hydrogen-bond acceptors (Lipinski definition) is 4. The van der Waals surface area contributed by atoms with Crippen molar-refractivity contribution in [1.82, 2.24) is 14.3 Å². The Kier molecular flexibility index (Phi) is 3.84. The molecule has 5 nitrogen and oxygen atoms in total. The summed E-state index contributed by atoms with van der Waals surface area (Å²) < 4.78 is 1.58. The number of likely N-dealkylation sites (tertiary alicyclic amines) is 1. The average Bonchev–Trinajstić information content (AvgIpc) is 2.49. The first kappa shape index (κ1) is 13.9. The van der Waals surface area contributed by atoms with Gasteiger partial charge < -0.3 is 4.79 Å². The minimum atomic E-state index is -0.0403. The topological polar surface area (TPSA) is 54.7 Å². The number of piperidine rings is 1. The monoisotopic (exact) mass is 285 g/mol. The van der Waals surface area contributed by atoms with Gasteiger partial charge in [-0.2, -0.15) is 0 Å². The molecule has 0 amide bonds. The summed E-state index contributed by atoms with van der Waals surface area (Å²) in [6.45, 7) is 4.40. The van der Waals surface area contributed by atoms with E-state index in [1.807, 2.05) is 25.3 Å². The van der Waals surface area contributed by atoms with E-state index in [9.17, 15) is 9.59 Å².